The van der Waals surface area contributed by atoms with Crippen molar-refractivity contribution in [2.75, 3.05) is 0 Å². The predicted octanol–water partition coefficient (Wildman–Crippen LogP) is 6.15. The third-order valence-electron chi connectivity index (χ3n) is 5.82. The number of urea groups is 2. The molecule has 4 aromatic carbocycles. The number of hydrogen-bond acceptors (Lipinski definition) is 2. The van der Waals surface area contributed by atoms with E-state index < -0.39 is 12.1 Å². The minimum atomic E-state index is -0.459. The number of hydrogen-bond donors (Lipinski definition) is 0. The lowest BCUT2D eigenvalue weighted by Gasteiger charge is -2.04. The van der Waals surface area contributed by atoms with Crippen molar-refractivity contribution in [2.24, 2.45) is 20.0 Å². The molecule has 0 atom stereocenters. The lowest BCUT2D eigenvalue weighted by Crippen LogP contribution is -1.98. The number of amides is 4. The molecule has 4 amide bonds. The van der Waals surface area contributed by atoms with Gasteiger partial charge >= 0.3 is 12.1 Å². The Hall–Kier alpha value is -4.84. The normalized spacial score (nSPS) is 15.2. The standard InChI is InChI=1S/C28H16N4O2/c33-27-29-15-25(31-27)23-9-7-19-11-17(3-5-21(19)13-23)1-2-18-4-6-22-14-24(10-8-20(22)12-18)26-16-30-28(34)32-26/h1-16H/b2-1+. The lowest BCUT2D eigenvalue weighted by atomic mass is 10.0. The van der Waals surface area contributed by atoms with Crippen LogP contribution in [0.4, 0.5) is 9.59 Å². The summed E-state index contributed by atoms with van der Waals surface area (Å²) in [6.07, 6.45) is 7.18. The van der Waals surface area contributed by atoms with Crippen LogP contribution in [0.15, 0.2) is 92.8 Å². The molecule has 160 valence electrons. The van der Waals surface area contributed by atoms with Gasteiger partial charge < -0.3 is 0 Å². The molecule has 6 rings (SSSR count). The fourth-order valence-corrected chi connectivity index (χ4v) is 4.08. The maximum atomic E-state index is 11.3. The van der Waals surface area contributed by atoms with Gasteiger partial charge in [0, 0.05) is 11.1 Å². The SMILES string of the molecule is O=C1N=CC(c2ccc3cc(/C=C/c4ccc5cc(C6=NC(=O)N=C6)ccc5c4)ccc3c2)=N1. The fraction of sp³-hybridized carbons (Fsp3) is 0. The average Bonchev–Trinajstić information content (AvgIpc) is 3.50. The summed E-state index contributed by atoms with van der Waals surface area (Å²) in [5, 5.41) is 4.36. The van der Waals surface area contributed by atoms with Gasteiger partial charge in [0.2, 0.25) is 0 Å². The van der Waals surface area contributed by atoms with Crippen molar-refractivity contribution in [3.8, 4) is 0 Å². The van der Waals surface area contributed by atoms with Crippen LogP contribution in [0.2, 0.25) is 0 Å². The number of carbonyl (C=O) groups excluding carboxylic acids is 2. The second kappa shape index (κ2) is 7.94. The largest absolute Gasteiger partial charge is 0.367 e. The molecule has 4 aromatic rings. The minimum absolute atomic E-state index is 0.459. The van der Waals surface area contributed by atoms with Crippen molar-refractivity contribution >= 4 is 69.6 Å². The first-order chi connectivity index (χ1) is 16.6. The van der Waals surface area contributed by atoms with Gasteiger partial charge in [0.15, 0.2) is 0 Å². The molecule has 0 fully saturated rings. The molecule has 6 nitrogen and oxygen atoms in total. The Balaban J connectivity index is 1.25. The van der Waals surface area contributed by atoms with E-state index >= 15 is 0 Å². The van der Waals surface area contributed by atoms with Crippen LogP contribution in [-0.2, 0) is 0 Å². The molecule has 2 aliphatic heterocycles. The van der Waals surface area contributed by atoms with Gasteiger partial charge in [0.1, 0.15) is 0 Å². The molecule has 0 unspecified atom stereocenters. The Morgan fingerprint density at radius 2 is 0.912 bits per heavy atom. The molecule has 0 saturated carbocycles. The zero-order valence-corrected chi connectivity index (χ0v) is 17.8. The van der Waals surface area contributed by atoms with Gasteiger partial charge in [0.05, 0.1) is 23.9 Å². The molecule has 34 heavy (non-hydrogen) atoms. The quantitative estimate of drug-likeness (QED) is 0.357. The van der Waals surface area contributed by atoms with Crippen LogP contribution in [0.1, 0.15) is 22.3 Å². The predicted molar refractivity (Wildman–Crippen MR) is 138 cm³/mol. The first-order valence-corrected chi connectivity index (χ1v) is 10.7. The van der Waals surface area contributed by atoms with E-state index in [1.165, 1.54) is 12.4 Å². The second-order valence-electron chi connectivity index (χ2n) is 8.05. The second-order valence-corrected chi connectivity index (χ2v) is 8.05. The van der Waals surface area contributed by atoms with Gasteiger partial charge in [-0.3, -0.25) is 0 Å². The van der Waals surface area contributed by atoms with Gasteiger partial charge in [-0.1, -0.05) is 60.7 Å². The van der Waals surface area contributed by atoms with E-state index in [-0.39, 0.29) is 0 Å². The zero-order chi connectivity index (χ0) is 23.1. The van der Waals surface area contributed by atoms with E-state index in [1.807, 2.05) is 36.4 Å². The van der Waals surface area contributed by atoms with Gasteiger partial charge in [0.25, 0.3) is 0 Å². The molecule has 6 heteroatoms. The molecule has 0 aliphatic carbocycles. The lowest BCUT2D eigenvalue weighted by molar-refractivity contribution is 0.256. The van der Waals surface area contributed by atoms with Crippen LogP contribution in [-0.4, -0.2) is 35.9 Å². The number of rotatable bonds is 4. The summed E-state index contributed by atoms with van der Waals surface area (Å²) in [6.45, 7) is 0. The summed E-state index contributed by atoms with van der Waals surface area (Å²) in [7, 11) is 0. The van der Waals surface area contributed by atoms with E-state index in [1.54, 1.807) is 0 Å². The van der Waals surface area contributed by atoms with E-state index in [9.17, 15) is 9.59 Å². The number of carbonyl (C=O) groups is 2. The Labute approximate surface area is 194 Å². The van der Waals surface area contributed by atoms with E-state index in [0.29, 0.717) is 11.4 Å². The van der Waals surface area contributed by atoms with Crippen molar-refractivity contribution in [1.82, 2.24) is 0 Å². The van der Waals surface area contributed by atoms with Crippen LogP contribution in [0.25, 0.3) is 33.7 Å². The molecule has 0 spiro atoms. The molecule has 0 bridgehead atoms. The molecule has 2 aliphatic rings. The monoisotopic (exact) mass is 440 g/mol. The van der Waals surface area contributed by atoms with Crippen LogP contribution < -0.4 is 0 Å². The third-order valence-corrected chi connectivity index (χ3v) is 5.82. The van der Waals surface area contributed by atoms with Crippen molar-refractivity contribution in [3.05, 3.63) is 95.1 Å². The smallest absolute Gasteiger partial charge is 0.244 e. The highest BCUT2D eigenvalue weighted by Crippen LogP contribution is 2.23. The van der Waals surface area contributed by atoms with E-state index in [4.69, 9.17) is 0 Å². The highest BCUT2D eigenvalue weighted by Gasteiger charge is 2.12. The van der Waals surface area contributed by atoms with Crippen LogP contribution in [0.3, 0.4) is 0 Å². The number of fused-ring (bicyclic) bond motifs is 2. The van der Waals surface area contributed by atoms with Crippen molar-refractivity contribution < 1.29 is 9.59 Å². The summed E-state index contributed by atoms with van der Waals surface area (Å²) in [5.41, 5.74) is 5.13. The minimum Gasteiger partial charge on any atom is -0.244 e. The first kappa shape index (κ1) is 19.8. The van der Waals surface area contributed by atoms with Crippen molar-refractivity contribution in [2.45, 2.75) is 0 Å². The van der Waals surface area contributed by atoms with Crippen LogP contribution >= 0.6 is 0 Å². The molecule has 0 N–H and O–H groups in total. The molecule has 2 heterocycles. The Morgan fingerprint density at radius 1 is 0.500 bits per heavy atom. The third kappa shape index (κ3) is 3.78. The Bertz CT molecular complexity index is 1560. The Morgan fingerprint density at radius 3 is 1.32 bits per heavy atom. The van der Waals surface area contributed by atoms with Crippen molar-refractivity contribution in [1.29, 1.82) is 0 Å². The molecule has 0 saturated heterocycles. The van der Waals surface area contributed by atoms with Crippen LogP contribution in [0, 0.1) is 0 Å². The molecule has 0 radical (unpaired) electrons. The molecule has 0 aromatic heterocycles. The average molecular weight is 440 g/mol. The Kier molecular flexibility index (Phi) is 4.63. The van der Waals surface area contributed by atoms with Crippen LogP contribution in [0.5, 0.6) is 0 Å². The number of benzene rings is 4. The molecular weight excluding hydrogens is 424 g/mol. The number of nitrogens with zero attached hydrogens (tertiary/aromatic N) is 4. The summed E-state index contributed by atoms with van der Waals surface area (Å²) >= 11 is 0. The summed E-state index contributed by atoms with van der Waals surface area (Å²) in [6, 6.07) is 23.6. The topological polar surface area (TPSA) is 83.6 Å². The summed E-state index contributed by atoms with van der Waals surface area (Å²) in [5.74, 6) is 0. The van der Waals surface area contributed by atoms with Crippen molar-refractivity contribution in [3.63, 3.8) is 0 Å². The van der Waals surface area contributed by atoms with Gasteiger partial charge in [-0.2, -0.15) is 20.0 Å². The fourth-order valence-electron chi connectivity index (χ4n) is 4.08. The molecular formula is C28H16N4O2. The summed E-state index contributed by atoms with van der Waals surface area (Å²) in [4.78, 5) is 37.7. The van der Waals surface area contributed by atoms with Gasteiger partial charge in [-0.25, -0.2) is 9.59 Å². The zero-order valence-electron chi connectivity index (χ0n) is 17.8. The van der Waals surface area contributed by atoms with Gasteiger partial charge in [-0.15, -0.1) is 0 Å². The van der Waals surface area contributed by atoms with E-state index in [2.05, 4.69) is 68.5 Å². The maximum absolute atomic E-state index is 11.3. The summed E-state index contributed by atoms with van der Waals surface area (Å²) < 4.78 is 0. The first-order valence-electron chi connectivity index (χ1n) is 10.7. The highest BCUT2D eigenvalue weighted by atomic mass is 16.2. The van der Waals surface area contributed by atoms with Gasteiger partial charge in [-0.05, 0) is 56.9 Å². The number of aliphatic imine (C=N–C) groups is 4. The maximum Gasteiger partial charge on any atom is 0.367 e. The van der Waals surface area contributed by atoms with E-state index in [0.717, 1.165) is 43.8 Å². The highest BCUT2D eigenvalue weighted by molar-refractivity contribution is 6.44.